The molecule has 0 atom stereocenters. The van der Waals surface area contributed by atoms with Crippen molar-refractivity contribution in [2.45, 2.75) is 13.5 Å². The van der Waals surface area contributed by atoms with Gasteiger partial charge in [0.2, 0.25) is 5.95 Å². The van der Waals surface area contributed by atoms with Crippen molar-refractivity contribution in [2.75, 3.05) is 17.4 Å². The summed E-state index contributed by atoms with van der Waals surface area (Å²) in [5.74, 6) is 6.59. The molecule has 2 heterocycles. The summed E-state index contributed by atoms with van der Waals surface area (Å²) in [6.45, 7) is 2.66. The minimum Gasteiger partial charge on any atom is -0.355 e. The first kappa shape index (κ1) is 12.3. The number of aryl methyl sites for hydroxylation is 1. The molecule has 0 aromatic carbocycles. The number of nitrogens with zero attached hydrogens (tertiary/aromatic N) is 4. The molecule has 0 aliphatic rings. The molecule has 0 amide bonds. The van der Waals surface area contributed by atoms with Gasteiger partial charge in [-0.15, -0.1) is 0 Å². The van der Waals surface area contributed by atoms with E-state index in [9.17, 15) is 0 Å². The van der Waals surface area contributed by atoms with Crippen LogP contribution < -0.4 is 16.2 Å². The van der Waals surface area contributed by atoms with E-state index in [2.05, 4.69) is 20.4 Å². The van der Waals surface area contributed by atoms with Gasteiger partial charge in [-0.05, 0) is 24.6 Å². The van der Waals surface area contributed by atoms with E-state index in [0.29, 0.717) is 5.95 Å². The van der Waals surface area contributed by atoms with Crippen molar-refractivity contribution >= 4 is 11.8 Å². The van der Waals surface area contributed by atoms with Gasteiger partial charge in [0.1, 0.15) is 5.82 Å². The zero-order valence-corrected chi connectivity index (χ0v) is 10.5. The average Bonchev–Trinajstić information content (AvgIpc) is 2.39. The second-order valence-corrected chi connectivity index (χ2v) is 4.05. The third-order valence-electron chi connectivity index (χ3n) is 2.53. The molecular weight excluding hydrogens is 228 g/mol. The lowest BCUT2D eigenvalue weighted by molar-refractivity contribution is 0.884. The van der Waals surface area contributed by atoms with Crippen LogP contribution in [0.5, 0.6) is 0 Å². The van der Waals surface area contributed by atoms with Crippen molar-refractivity contribution in [3.8, 4) is 0 Å². The summed E-state index contributed by atoms with van der Waals surface area (Å²) in [4.78, 5) is 14.5. The summed E-state index contributed by atoms with van der Waals surface area (Å²) in [7, 11) is 1.97. The Bertz CT molecular complexity index is 513. The lowest BCUT2D eigenvalue weighted by Crippen LogP contribution is -2.20. The summed E-state index contributed by atoms with van der Waals surface area (Å²) < 4.78 is 0. The second kappa shape index (κ2) is 5.42. The highest BCUT2D eigenvalue weighted by atomic mass is 15.3. The van der Waals surface area contributed by atoms with Crippen LogP contribution in [0.25, 0.3) is 0 Å². The zero-order valence-electron chi connectivity index (χ0n) is 10.5. The number of hydrogen-bond acceptors (Lipinski definition) is 6. The van der Waals surface area contributed by atoms with Gasteiger partial charge < -0.3 is 4.90 Å². The van der Waals surface area contributed by atoms with Crippen LogP contribution >= 0.6 is 0 Å². The highest BCUT2D eigenvalue weighted by molar-refractivity contribution is 5.44. The van der Waals surface area contributed by atoms with E-state index in [1.807, 2.05) is 37.1 Å². The average molecular weight is 244 g/mol. The Balaban J connectivity index is 2.18. The van der Waals surface area contributed by atoms with Gasteiger partial charge in [0, 0.05) is 37.7 Å². The highest BCUT2D eigenvalue weighted by Gasteiger charge is 2.06. The third-order valence-corrected chi connectivity index (χ3v) is 2.53. The van der Waals surface area contributed by atoms with Gasteiger partial charge in [-0.3, -0.25) is 10.4 Å². The molecular formula is C12H16N6. The van der Waals surface area contributed by atoms with Crippen molar-refractivity contribution in [1.82, 2.24) is 15.0 Å². The molecule has 6 nitrogen and oxygen atoms in total. The number of anilines is 2. The molecule has 0 radical (unpaired) electrons. The van der Waals surface area contributed by atoms with Crippen molar-refractivity contribution in [3.05, 3.63) is 41.9 Å². The first-order chi connectivity index (χ1) is 8.69. The van der Waals surface area contributed by atoms with Gasteiger partial charge >= 0.3 is 0 Å². The molecule has 3 N–H and O–H groups in total. The van der Waals surface area contributed by atoms with Gasteiger partial charge in [-0.1, -0.05) is 0 Å². The van der Waals surface area contributed by atoms with Crippen molar-refractivity contribution in [2.24, 2.45) is 5.84 Å². The van der Waals surface area contributed by atoms with Gasteiger partial charge in [0.05, 0.1) is 0 Å². The minimum absolute atomic E-state index is 0.423. The Morgan fingerprint density at radius 3 is 2.67 bits per heavy atom. The predicted octanol–water partition coefficient (Wildman–Crippen LogP) is 1.10. The Kier molecular flexibility index (Phi) is 3.69. The van der Waals surface area contributed by atoms with Crippen LogP contribution in [0, 0.1) is 6.92 Å². The predicted molar refractivity (Wildman–Crippen MR) is 70.9 cm³/mol. The fourth-order valence-corrected chi connectivity index (χ4v) is 1.66. The summed E-state index contributed by atoms with van der Waals surface area (Å²) in [5, 5.41) is 0. The fourth-order valence-electron chi connectivity index (χ4n) is 1.66. The smallest absolute Gasteiger partial charge is 0.239 e. The maximum atomic E-state index is 5.34. The molecule has 94 valence electrons. The van der Waals surface area contributed by atoms with Gasteiger partial charge in [-0.25, -0.2) is 10.8 Å². The van der Waals surface area contributed by atoms with Crippen LogP contribution in [0.1, 0.15) is 11.3 Å². The van der Waals surface area contributed by atoms with Crippen molar-refractivity contribution in [1.29, 1.82) is 0 Å². The number of nitrogen functional groups attached to an aromatic ring is 1. The molecule has 0 aliphatic carbocycles. The maximum Gasteiger partial charge on any atom is 0.239 e. The molecule has 0 bridgehead atoms. The molecule has 0 saturated carbocycles. The van der Waals surface area contributed by atoms with E-state index in [1.54, 1.807) is 12.4 Å². The standard InChI is InChI=1S/C12H16N6/c1-9-7-11(16-12(15-9)17-13)18(2)8-10-3-5-14-6-4-10/h3-7H,8,13H2,1-2H3,(H,15,16,17). The van der Waals surface area contributed by atoms with Crippen LogP contribution in [-0.4, -0.2) is 22.0 Å². The van der Waals surface area contributed by atoms with Crippen molar-refractivity contribution < 1.29 is 0 Å². The fraction of sp³-hybridized carbons (Fsp3) is 0.250. The normalized spacial score (nSPS) is 10.2. The summed E-state index contributed by atoms with van der Waals surface area (Å²) in [5.41, 5.74) is 4.51. The lowest BCUT2D eigenvalue weighted by Gasteiger charge is -2.19. The molecule has 0 saturated heterocycles. The summed E-state index contributed by atoms with van der Waals surface area (Å²) in [6.07, 6.45) is 3.56. The number of hydrazine groups is 1. The molecule has 6 heteroatoms. The SMILES string of the molecule is Cc1cc(N(C)Cc2ccncc2)nc(NN)n1. The first-order valence-corrected chi connectivity index (χ1v) is 5.61. The topological polar surface area (TPSA) is 80.0 Å². The van der Waals surface area contributed by atoms with E-state index in [1.165, 1.54) is 5.56 Å². The Hall–Kier alpha value is -2.21. The number of aromatic nitrogens is 3. The number of hydrogen-bond donors (Lipinski definition) is 2. The first-order valence-electron chi connectivity index (χ1n) is 5.61. The lowest BCUT2D eigenvalue weighted by atomic mass is 10.2. The number of pyridine rings is 1. The highest BCUT2D eigenvalue weighted by Crippen LogP contribution is 2.15. The van der Waals surface area contributed by atoms with Crippen LogP contribution in [0.15, 0.2) is 30.6 Å². The second-order valence-electron chi connectivity index (χ2n) is 4.05. The molecule has 0 fully saturated rings. The number of nitrogens with two attached hydrogens (primary N) is 1. The Labute approximate surface area is 106 Å². The Morgan fingerprint density at radius 2 is 2.00 bits per heavy atom. The molecule has 2 aromatic rings. The molecule has 0 spiro atoms. The van der Waals surface area contributed by atoms with E-state index in [0.717, 1.165) is 18.1 Å². The quantitative estimate of drug-likeness (QED) is 0.619. The Morgan fingerprint density at radius 1 is 1.28 bits per heavy atom. The van der Waals surface area contributed by atoms with Gasteiger partial charge in [0.15, 0.2) is 0 Å². The van der Waals surface area contributed by atoms with Crippen LogP contribution in [0.2, 0.25) is 0 Å². The number of rotatable bonds is 4. The summed E-state index contributed by atoms with van der Waals surface area (Å²) in [6, 6.07) is 5.88. The van der Waals surface area contributed by atoms with Crippen molar-refractivity contribution in [3.63, 3.8) is 0 Å². The molecule has 0 unspecified atom stereocenters. The van der Waals surface area contributed by atoms with Crippen LogP contribution in [0.3, 0.4) is 0 Å². The number of nitrogens with one attached hydrogen (secondary N) is 1. The molecule has 2 rings (SSSR count). The molecule has 2 aromatic heterocycles. The largest absolute Gasteiger partial charge is 0.355 e. The summed E-state index contributed by atoms with van der Waals surface area (Å²) >= 11 is 0. The van der Waals surface area contributed by atoms with Crippen LogP contribution in [-0.2, 0) is 6.54 Å². The van der Waals surface area contributed by atoms with Gasteiger partial charge in [-0.2, -0.15) is 4.98 Å². The van der Waals surface area contributed by atoms with E-state index < -0.39 is 0 Å². The third kappa shape index (κ3) is 2.92. The molecule has 0 aliphatic heterocycles. The van der Waals surface area contributed by atoms with E-state index in [-0.39, 0.29) is 0 Å². The van der Waals surface area contributed by atoms with E-state index in [4.69, 9.17) is 5.84 Å². The van der Waals surface area contributed by atoms with E-state index >= 15 is 0 Å². The monoisotopic (exact) mass is 244 g/mol. The van der Waals surface area contributed by atoms with Gasteiger partial charge in [0.25, 0.3) is 0 Å². The minimum atomic E-state index is 0.423. The van der Waals surface area contributed by atoms with Crippen LogP contribution in [0.4, 0.5) is 11.8 Å². The zero-order chi connectivity index (χ0) is 13.0. The maximum absolute atomic E-state index is 5.34. The molecule has 18 heavy (non-hydrogen) atoms.